The Kier molecular flexibility index (Phi) is 3.23. The van der Waals surface area contributed by atoms with E-state index in [-0.39, 0.29) is 0 Å². The van der Waals surface area contributed by atoms with Crippen molar-refractivity contribution >= 4 is 22.2 Å². The van der Waals surface area contributed by atoms with Crippen molar-refractivity contribution in [3.63, 3.8) is 0 Å². The molecule has 0 aliphatic carbocycles. The zero-order valence-corrected chi connectivity index (χ0v) is 13.3. The maximum Gasteiger partial charge on any atom is 0.161 e. The maximum atomic E-state index is 13.6. The van der Waals surface area contributed by atoms with Crippen LogP contribution >= 0.6 is 0 Å². The van der Waals surface area contributed by atoms with E-state index >= 15 is 0 Å². The molecule has 0 N–H and O–H groups in total. The van der Waals surface area contributed by atoms with E-state index in [2.05, 4.69) is 4.98 Å². The Morgan fingerprint density at radius 1 is 0.917 bits per heavy atom. The van der Waals surface area contributed by atoms with E-state index in [4.69, 9.17) is 0 Å². The Morgan fingerprint density at radius 2 is 1.62 bits per heavy atom. The highest BCUT2D eigenvalue weighted by molar-refractivity contribution is 5.88. The first-order valence-electron chi connectivity index (χ1n) is 7.58. The van der Waals surface area contributed by atoms with Crippen LogP contribution in [0, 0.1) is 11.6 Å². The van der Waals surface area contributed by atoms with E-state index in [1.165, 1.54) is 6.07 Å². The fourth-order valence-corrected chi connectivity index (χ4v) is 2.90. The summed E-state index contributed by atoms with van der Waals surface area (Å²) in [6.45, 7) is 0. The van der Waals surface area contributed by atoms with Gasteiger partial charge in [-0.1, -0.05) is 12.1 Å². The van der Waals surface area contributed by atoms with Crippen molar-refractivity contribution in [3.05, 3.63) is 66.4 Å². The summed E-state index contributed by atoms with van der Waals surface area (Å²) in [4.78, 5) is 6.60. The summed E-state index contributed by atoms with van der Waals surface area (Å²) >= 11 is 0. The van der Waals surface area contributed by atoms with Crippen molar-refractivity contribution in [1.82, 2.24) is 9.38 Å². The lowest BCUT2D eigenvalue weighted by atomic mass is 10.1. The van der Waals surface area contributed by atoms with Gasteiger partial charge in [-0.2, -0.15) is 0 Å². The molecule has 24 heavy (non-hydrogen) atoms. The average molecular weight is 323 g/mol. The van der Waals surface area contributed by atoms with Crippen molar-refractivity contribution in [3.8, 4) is 11.3 Å². The van der Waals surface area contributed by atoms with Gasteiger partial charge in [0, 0.05) is 43.7 Å². The summed E-state index contributed by atoms with van der Waals surface area (Å²) in [5.41, 5.74) is 4.57. The third-order valence-corrected chi connectivity index (χ3v) is 4.16. The first kappa shape index (κ1) is 14.6. The second-order valence-electron chi connectivity index (χ2n) is 5.92. The Morgan fingerprint density at radius 3 is 2.33 bits per heavy atom. The zero-order chi connectivity index (χ0) is 16.8. The molecule has 4 aromatic rings. The third-order valence-electron chi connectivity index (χ3n) is 4.16. The molecule has 0 radical (unpaired) electrons. The predicted octanol–water partition coefficient (Wildman–Crippen LogP) is 4.50. The monoisotopic (exact) mass is 323 g/mol. The summed E-state index contributed by atoms with van der Waals surface area (Å²) in [7, 11) is 3.96. The van der Waals surface area contributed by atoms with Crippen LogP contribution in [0.1, 0.15) is 0 Å². The van der Waals surface area contributed by atoms with Gasteiger partial charge >= 0.3 is 0 Å². The van der Waals surface area contributed by atoms with Crippen LogP contribution in [-0.2, 0) is 0 Å². The Labute approximate surface area is 137 Å². The lowest BCUT2D eigenvalue weighted by molar-refractivity contribution is 0.510. The van der Waals surface area contributed by atoms with Crippen molar-refractivity contribution in [1.29, 1.82) is 0 Å². The van der Waals surface area contributed by atoms with Crippen LogP contribution in [0.2, 0.25) is 0 Å². The number of fused-ring (bicyclic) bond motifs is 3. The van der Waals surface area contributed by atoms with Gasteiger partial charge in [-0.3, -0.25) is 0 Å². The van der Waals surface area contributed by atoms with Crippen LogP contribution in [-0.4, -0.2) is 23.5 Å². The second kappa shape index (κ2) is 5.30. The summed E-state index contributed by atoms with van der Waals surface area (Å²) < 4.78 is 29.1. The van der Waals surface area contributed by atoms with Gasteiger partial charge in [0.1, 0.15) is 0 Å². The Hall–Kier alpha value is -2.95. The predicted molar refractivity (Wildman–Crippen MR) is 92.4 cm³/mol. The smallest absolute Gasteiger partial charge is 0.161 e. The first-order valence-corrected chi connectivity index (χ1v) is 7.58. The molecule has 0 bridgehead atoms. The van der Waals surface area contributed by atoms with E-state index in [1.54, 1.807) is 0 Å². The molecule has 0 aliphatic heterocycles. The fourth-order valence-electron chi connectivity index (χ4n) is 2.90. The number of aromatic nitrogens is 2. The minimum atomic E-state index is -0.893. The summed E-state index contributed by atoms with van der Waals surface area (Å²) in [5, 5.41) is 0. The molecule has 5 heteroatoms. The topological polar surface area (TPSA) is 20.5 Å². The summed E-state index contributed by atoms with van der Waals surface area (Å²) in [6, 6.07) is 14.1. The number of nitrogens with zero attached hydrogens (tertiary/aromatic N) is 3. The number of rotatable bonds is 2. The van der Waals surface area contributed by atoms with Gasteiger partial charge in [0.15, 0.2) is 11.6 Å². The van der Waals surface area contributed by atoms with Gasteiger partial charge in [0.2, 0.25) is 0 Å². The molecule has 0 amide bonds. The first-order chi connectivity index (χ1) is 11.5. The van der Waals surface area contributed by atoms with Gasteiger partial charge in [-0.05, 0) is 24.3 Å². The number of halogens is 2. The normalized spacial score (nSPS) is 11.3. The molecule has 0 unspecified atom stereocenters. The van der Waals surface area contributed by atoms with Gasteiger partial charge in [0.05, 0.1) is 22.2 Å². The van der Waals surface area contributed by atoms with Crippen molar-refractivity contribution in [2.75, 3.05) is 19.0 Å². The minimum Gasteiger partial charge on any atom is -0.378 e. The van der Waals surface area contributed by atoms with Crippen LogP contribution in [0.4, 0.5) is 14.5 Å². The number of anilines is 1. The van der Waals surface area contributed by atoms with E-state index in [0.717, 1.165) is 28.5 Å². The maximum absolute atomic E-state index is 13.6. The lowest BCUT2D eigenvalue weighted by Gasteiger charge is -2.13. The Balaban J connectivity index is 2.00. The molecule has 0 spiro atoms. The largest absolute Gasteiger partial charge is 0.378 e. The molecule has 0 aliphatic rings. The molecule has 2 aromatic carbocycles. The minimum absolute atomic E-state index is 0.421. The molecule has 0 fully saturated rings. The quantitative estimate of drug-likeness (QED) is 0.541. The molecule has 2 heterocycles. The SMILES string of the molecule is CN(C)c1ccc(-c2nc3cc(F)c(F)cc3n3cccc23)cc1. The van der Waals surface area contributed by atoms with E-state index < -0.39 is 11.6 Å². The molecule has 2 aromatic heterocycles. The molecule has 120 valence electrons. The van der Waals surface area contributed by atoms with E-state index in [0.29, 0.717) is 11.0 Å². The molecule has 3 nitrogen and oxygen atoms in total. The summed E-state index contributed by atoms with van der Waals surface area (Å²) in [6.07, 6.45) is 1.83. The highest BCUT2D eigenvalue weighted by Gasteiger charge is 2.13. The van der Waals surface area contributed by atoms with Crippen molar-refractivity contribution in [2.45, 2.75) is 0 Å². The average Bonchev–Trinajstić information content (AvgIpc) is 3.05. The number of hydrogen-bond acceptors (Lipinski definition) is 2. The Bertz CT molecular complexity index is 1050. The zero-order valence-electron chi connectivity index (χ0n) is 13.3. The molecule has 4 rings (SSSR count). The highest BCUT2D eigenvalue weighted by Crippen LogP contribution is 2.29. The van der Waals surface area contributed by atoms with E-state index in [1.807, 2.05) is 66.0 Å². The third kappa shape index (κ3) is 2.21. The van der Waals surface area contributed by atoms with Crippen molar-refractivity contribution in [2.24, 2.45) is 0 Å². The summed E-state index contributed by atoms with van der Waals surface area (Å²) in [5.74, 6) is -1.77. The number of hydrogen-bond donors (Lipinski definition) is 0. The van der Waals surface area contributed by atoms with Gasteiger partial charge in [0.25, 0.3) is 0 Å². The molecule has 0 saturated heterocycles. The van der Waals surface area contributed by atoms with E-state index in [9.17, 15) is 8.78 Å². The van der Waals surface area contributed by atoms with Gasteiger partial charge in [-0.15, -0.1) is 0 Å². The van der Waals surface area contributed by atoms with Gasteiger partial charge < -0.3 is 9.30 Å². The van der Waals surface area contributed by atoms with Crippen LogP contribution in [0.5, 0.6) is 0 Å². The van der Waals surface area contributed by atoms with Crippen LogP contribution in [0.3, 0.4) is 0 Å². The van der Waals surface area contributed by atoms with Crippen LogP contribution < -0.4 is 4.90 Å². The number of benzene rings is 2. The fraction of sp³-hybridized carbons (Fsp3) is 0.105. The second-order valence-corrected chi connectivity index (χ2v) is 5.92. The van der Waals surface area contributed by atoms with Gasteiger partial charge in [-0.25, -0.2) is 13.8 Å². The highest BCUT2D eigenvalue weighted by atomic mass is 19.2. The standard InChI is InChI=1S/C19H15F2N3/c1-23(2)13-7-5-12(6-8-13)19-17-4-3-9-24(17)18-11-15(21)14(20)10-16(18)22-19/h3-11H,1-2H3. The molecular weight excluding hydrogens is 308 g/mol. The molecular formula is C19H15F2N3. The van der Waals surface area contributed by atoms with Crippen molar-refractivity contribution < 1.29 is 8.78 Å². The van der Waals surface area contributed by atoms with Crippen LogP contribution in [0.15, 0.2) is 54.7 Å². The molecule has 0 atom stereocenters. The lowest BCUT2D eigenvalue weighted by Crippen LogP contribution is -2.08. The van der Waals surface area contributed by atoms with Crippen LogP contribution in [0.25, 0.3) is 27.8 Å². The molecule has 0 saturated carbocycles.